The summed E-state index contributed by atoms with van der Waals surface area (Å²) in [4.78, 5) is 13.1. The van der Waals surface area contributed by atoms with E-state index in [9.17, 15) is 0 Å². The molecule has 1 N–H and O–H groups in total. The van der Waals surface area contributed by atoms with Gasteiger partial charge in [-0.1, -0.05) is 48.5 Å². The Labute approximate surface area is 145 Å². The zero-order chi connectivity index (χ0) is 16.9. The molecule has 0 saturated carbocycles. The highest BCUT2D eigenvalue weighted by atomic mass is 16.4. The maximum Gasteiger partial charge on any atom is 0.252 e. The van der Waals surface area contributed by atoms with Crippen molar-refractivity contribution in [3.8, 4) is 11.5 Å². The van der Waals surface area contributed by atoms with Crippen molar-refractivity contribution in [3.63, 3.8) is 0 Å². The Morgan fingerprint density at radius 1 is 0.880 bits per heavy atom. The minimum absolute atomic E-state index is 0.499. The Kier molecular flexibility index (Phi) is 4.37. The fraction of sp³-hybridized carbons (Fsp3) is 0.150. The van der Waals surface area contributed by atoms with Crippen LogP contribution in [-0.2, 0) is 6.42 Å². The summed E-state index contributed by atoms with van der Waals surface area (Å²) >= 11 is 0. The van der Waals surface area contributed by atoms with Gasteiger partial charge in [-0.05, 0) is 30.5 Å². The van der Waals surface area contributed by atoms with E-state index in [1.807, 2.05) is 36.4 Å². The molecule has 5 heteroatoms. The van der Waals surface area contributed by atoms with E-state index in [1.165, 1.54) is 11.9 Å². The largest absolute Gasteiger partial charge is 0.417 e. The number of benzene rings is 2. The van der Waals surface area contributed by atoms with Gasteiger partial charge in [-0.3, -0.25) is 0 Å². The summed E-state index contributed by atoms with van der Waals surface area (Å²) in [5, 5.41) is 3.35. The number of rotatable bonds is 6. The first kappa shape index (κ1) is 15.3. The lowest BCUT2D eigenvalue weighted by Crippen LogP contribution is -2.05. The molecule has 5 nitrogen and oxygen atoms in total. The average molecular weight is 330 g/mol. The van der Waals surface area contributed by atoms with Gasteiger partial charge >= 0.3 is 0 Å². The van der Waals surface area contributed by atoms with Crippen LogP contribution in [0.2, 0.25) is 0 Å². The Morgan fingerprint density at radius 2 is 1.64 bits per heavy atom. The van der Waals surface area contributed by atoms with Crippen LogP contribution in [0.15, 0.2) is 71.4 Å². The third-order valence-electron chi connectivity index (χ3n) is 3.99. The van der Waals surface area contributed by atoms with E-state index in [0.29, 0.717) is 22.9 Å². The first-order valence-electron chi connectivity index (χ1n) is 8.35. The average Bonchev–Trinajstić information content (AvgIpc) is 3.12. The number of fused-ring (bicyclic) bond motifs is 1. The molecule has 4 rings (SSSR count). The van der Waals surface area contributed by atoms with Gasteiger partial charge in [0.25, 0.3) is 5.71 Å². The molecule has 0 amide bonds. The maximum absolute atomic E-state index is 5.77. The maximum atomic E-state index is 5.77. The van der Waals surface area contributed by atoms with Crippen LogP contribution < -0.4 is 5.32 Å². The Balaban J connectivity index is 1.47. The molecule has 0 aliphatic heterocycles. The van der Waals surface area contributed by atoms with E-state index >= 15 is 0 Å². The topological polar surface area (TPSA) is 63.8 Å². The van der Waals surface area contributed by atoms with Gasteiger partial charge in [0.2, 0.25) is 5.89 Å². The summed E-state index contributed by atoms with van der Waals surface area (Å²) in [5.41, 5.74) is 3.43. The molecule has 0 unspecified atom stereocenters. The molecular formula is C20H18N4O. The molecular weight excluding hydrogens is 312 g/mol. The number of nitrogens with zero attached hydrogens (tertiary/aromatic N) is 3. The van der Waals surface area contributed by atoms with Crippen LogP contribution in [0, 0.1) is 0 Å². The molecule has 2 aromatic carbocycles. The van der Waals surface area contributed by atoms with Crippen LogP contribution in [0.1, 0.15) is 12.0 Å². The van der Waals surface area contributed by atoms with Crippen LogP contribution in [0.25, 0.3) is 22.7 Å². The van der Waals surface area contributed by atoms with E-state index < -0.39 is 0 Å². The molecule has 0 spiro atoms. The normalized spacial score (nSPS) is 10.9. The fourth-order valence-corrected chi connectivity index (χ4v) is 2.73. The van der Waals surface area contributed by atoms with Crippen LogP contribution in [0.3, 0.4) is 0 Å². The van der Waals surface area contributed by atoms with Crippen molar-refractivity contribution in [3.05, 3.63) is 72.6 Å². The lowest BCUT2D eigenvalue weighted by molar-refractivity contribution is 0.607. The molecule has 2 heterocycles. The standard InChI is InChI=1S/C20H18N4O/c1-3-8-15(9-4-1)10-7-13-21-18-17-20(23-14-22-18)25-19(24-17)16-11-5-2-6-12-16/h1-6,8-9,11-12,14H,7,10,13H2,(H,21,22,23). The molecule has 0 saturated heterocycles. The number of aromatic nitrogens is 3. The van der Waals surface area contributed by atoms with Crippen molar-refractivity contribution in [2.45, 2.75) is 12.8 Å². The summed E-state index contributed by atoms with van der Waals surface area (Å²) in [7, 11) is 0. The van der Waals surface area contributed by atoms with Crippen LogP contribution in [-0.4, -0.2) is 21.5 Å². The first-order valence-corrected chi connectivity index (χ1v) is 8.35. The highest BCUT2D eigenvalue weighted by Crippen LogP contribution is 2.25. The molecule has 0 aliphatic carbocycles. The van der Waals surface area contributed by atoms with Crippen molar-refractivity contribution in [1.29, 1.82) is 0 Å². The summed E-state index contributed by atoms with van der Waals surface area (Å²) in [6, 6.07) is 20.3. The van der Waals surface area contributed by atoms with Crippen LogP contribution in [0.4, 0.5) is 5.82 Å². The van der Waals surface area contributed by atoms with Crippen molar-refractivity contribution in [2.24, 2.45) is 0 Å². The zero-order valence-electron chi connectivity index (χ0n) is 13.7. The quantitative estimate of drug-likeness (QED) is 0.533. The highest BCUT2D eigenvalue weighted by Gasteiger charge is 2.13. The number of hydrogen-bond acceptors (Lipinski definition) is 5. The van der Waals surface area contributed by atoms with E-state index in [1.54, 1.807) is 0 Å². The predicted molar refractivity (Wildman–Crippen MR) is 98.3 cm³/mol. The predicted octanol–water partition coefficient (Wildman–Crippen LogP) is 4.33. The lowest BCUT2D eigenvalue weighted by atomic mass is 10.1. The molecule has 25 heavy (non-hydrogen) atoms. The smallest absolute Gasteiger partial charge is 0.252 e. The minimum atomic E-state index is 0.499. The van der Waals surface area contributed by atoms with Crippen LogP contribution in [0.5, 0.6) is 0 Å². The number of nitrogens with one attached hydrogen (secondary N) is 1. The van der Waals surface area contributed by atoms with Crippen molar-refractivity contribution in [2.75, 3.05) is 11.9 Å². The van der Waals surface area contributed by atoms with Gasteiger partial charge in [-0.25, -0.2) is 9.97 Å². The van der Waals surface area contributed by atoms with Crippen molar-refractivity contribution in [1.82, 2.24) is 15.0 Å². The van der Waals surface area contributed by atoms with E-state index in [0.717, 1.165) is 24.9 Å². The summed E-state index contributed by atoms with van der Waals surface area (Å²) < 4.78 is 5.77. The number of aryl methyl sites for hydroxylation is 1. The van der Waals surface area contributed by atoms with Gasteiger partial charge in [-0.2, -0.15) is 4.98 Å². The monoisotopic (exact) mass is 330 g/mol. The summed E-state index contributed by atoms with van der Waals surface area (Å²) in [5.74, 6) is 1.27. The van der Waals surface area contributed by atoms with Gasteiger partial charge in [-0.15, -0.1) is 0 Å². The Bertz CT molecular complexity index is 951. The van der Waals surface area contributed by atoms with Gasteiger partial charge in [0.15, 0.2) is 11.3 Å². The van der Waals surface area contributed by atoms with Crippen molar-refractivity contribution >= 4 is 17.0 Å². The molecule has 0 atom stereocenters. The Hall–Kier alpha value is -3.21. The first-order chi connectivity index (χ1) is 12.4. The molecule has 0 aliphatic rings. The van der Waals surface area contributed by atoms with Gasteiger partial charge in [0.1, 0.15) is 6.33 Å². The number of oxazole rings is 1. The number of anilines is 1. The second-order valence-corrected chi connectivity index (χ2v) is 5.78. The van der Waals surface area contributed by atoms with Gasteiger partial charge in [0, 0.05) is 12.1 Å². The van der Waals surface area contributed by atoms with E-state index in [2.05, 4.69) is 44.5 Å². The third kappa shape index (κ3) is 3.50. The Morgan fingerprint density at radius 3 is 2.44 bits per heavy atom. The summed E-state index contributed by atoms with van der Waals surface area (Å²) in [6.07, 6.45) is 3.54. The molecule has 124 valence electrons. The summed E-state index contributed by atoms with van der Waals surface area (Å²) in [6.45, 7) is 0.814. The molecule has 0 radical (unpaired) electrons. The van der Waals surface area contributed by atoms with Crippen LogP contribution >= 0.6 is 0 Å². The minimum Gasteiger partial charge on any atom is -0.417 e. The zero-order valence-corrected chi connectivity index (χ0v) is 13.7. The lowest BCUT2D eigenvalue weighted by Gasteiger charge is -2.05. The van der Waals surface area contributed by atoms with Gasteiger partial charge in [0.05, 0.1) is 0 Å². The fourth-order valence-electron chi connectivity index (χ4n) is 2.73. The molecule has 0 fully saturated rings. The second-order valence-electron chi connectivity index (χ2n) is 5.78. The molecule has 4 aromatic rings. The van der Waals surface area contributed by atoms with E-state index in [4.69, 9.17) is 4.42 Å². The highest BCUT2D eigenvalue weighted by molar-refractivity contribution is 5.83. The molecule has 0 bridgehead atoms. The second kappa shape index (κ2) is 7.13. The third-order valence-corrected chi connectivity index (χ3v) is 3.99. The number of hydrogen-bond donors (Lipinski definition) is 1. The van der Waals surface area contributed by atoms with E-state index in [-0.39, 0.29) is 0 Å². The van der Waals surface area contributed by atoms with Gasteiger partial charge < -0.3 is 9.73 Å². The molecule has 2 aromatic heterocycles. The SMILES string of the molecule is c1ccc(CCCNc2ncnc3oc(-c4ccccc4)nc23)cc1. The van der Waals surface area contributed by atoms with Crippen molar-refractivity contribution < 1.29 is 4.42 Å².